The van der Waals surface area contributed by atoms with E-state index in [2.05, 4.69) is 149 Å². The fraction of sp³-hybridized carbons (Fsp3) is 0. The lowest BCUT2D eigenvalue weighted by molar-refractivity contribution is 0.953. The van der Waals surface area contributed by atoms with Crippen LogP contribution in [0.2, 0.25) is 0 Å². The van der Waals surface area contributed by atoms with Gasteiger partial charge in [0.25, 0.3) is 0 Å². The third-order valence-corrected chi connectivity index (χ3v) is 10.8. The summed E-state index contributed by atoms with van der Waals surface area (Å²) >= 11 is 0. The van der Waals surface area contributed by atoms with Crippen molar-refractivity contribution in [2.75, 3.05) is 0 Å². The van der Waals surface area contributed by atoms with E-state index in [9.17, 15) is 0 Å². The molecule has 3 heterocycles. The Hall–Kier alpha value is -7.63. The molecule has 5 nitrogen and oxygen atoms in total. The van der Waals surface area contributed by atoms with Gasteiger partial charge in [0.1, 0.15) is 0 Å². The number of benzene rings is 8. The molecule has 0 aliphatic rings. The molecule has 56 heavy (non-hydrogen) atoms. The van der Waals surface area contributed by atoms with Gasteiger partial charge in [-0.05, 0) is 53.1 Å². The number of rotatable bonds is 6. The number of nitrogens with zero attached hydrogens (tertiary/aromatic N) is 5. The predicted octanol–water partition coefficient (Wildman–Crippen LogP) is 12.7. The highest BCUT2D eigenvalue weighted by Gasteiger charge is 2.23. The number of hydrogen-bond acceptors (Lipinski definition) is 3. The summed E-state index contributed by atoms with van der Waals surface area (Å²) in [5.41, 5.74) is 12.1. The van der Waals surface area contributed by atoms with Gasteiger partial charge >= 0.3 is 0 Å². The molecular formula is C51H33N5. The van der Waals surface area contributed by atoms with E-state index < -0.39 is 0 Å². The van der Waals surface area contributed by atoms with E-state index in [1.807, 2.05) is 60.7 Å². The zero-order chi connectivity index (χ0) is 37.0. The minimum Gasteiger partial charge on any atom is -0.309 e. The molecule has 0 N–H and O–H groups in total. The first kappa shape index (κ1) is 31.9. The minimum atomic E-state index is 0.579. The summed E-state index contributed by atoms with van der Waals surface area (Å²) in [4.78, 5) is 15.4. The molecule has 8 aromatic carbocycles. The first-order valence-electron chi connectivity index (χ1n) is 18.9. The third-order valence-electron chi connectivity index (χ3n) is 10.8. The topological polar surface area (TPSA) is 48.5 Å². The van der Waals surface area contributed by atoms with E-state index in [4.69, 9.17) is 15.0 Å². The smallest absolute Gasteiger partial charge is 0.238 e. The van der Waals surface area contributed by atoms with Crippen LogP contribution in [-0.4, -0.2) is 24.1 Å². The standard InChI is InChI=1S/C51H33N5/c1-5-17-34(18-6-1)38-29-30-44(41(33-38)35-19-7-2-8-20-35)55-42-27-15-13-25-39(42)47-45(55)31-32-46-48(47)40-26-14-16-28-43(40)56(46)51-53-49(36-21-9-3-10-22-36)52-50(54-51)37-23-11-4-12-24-37/h1-33H. The van der Waals surface area contributed by atoms with Crippen LogP contribution in [0, 0.1) is 0 Å². The molecule has 3 aromatic heterocycles. The van der Waals surface area contributed by atoms with Crippen molar-refractivity contribution in [3.05, 3.63) is 200 Å². The van der Waals surface area contributed by atoms with Crippen LogP contribution in [-0.2, 0) is 0 Å². The molecule has 5 heteroatoms. The molecule has 0 atom stereocenters. The van der Waals surface area contributed by atoms with Gasteiger partial charge in [0.2, 0.25) is 5.95 Å². The van der Waals surface area contributed by atoms with Crippen molar-refractivity contribution in [2.24, 2.45) is 0 Å². The Bertz CT molecular complexity index is 3160. The molecule has 0 saturated heterocycles. The summed E-state index contributed by atoms with van der Waals surface area (Å²) < 4.78 is 4.65. The van der Waals surface area contributed by atoms with Crippen LogP contribution >= 0.6 is 0 Å². The van der Waals surface area contributed by atoms with Crippen molar-refractivity contribution in [3.8, 4) is 56.7 Å². The van der Waals surface area contributed by atoms with Crippen LogP contribution in [0.4, 0.5) is 0 Å². The summed E-state index contributed by atoms with van der Waals surface area (Å²) in [5.74, 6) is 1.84. The molecule has 11 rings (SSSR count). The Kier molecular flexibility index (Phi) is 7.42. The maximum Gasteiger partial charge on any atom is 0.238 e. The number of fused-ring (bicyclic) bond motifs is 7. The molecule has 0 aliphatic carbocycles. The molecule has 0 aliphatic heterocycles. The van der Waals surface area contributed by atoms with Gasteiger partial charge in [-0.3, -0.25) is 4.57 Å². The van der Waals surface area contributed by atoms with E-state index in [0.717, 1.165) is 49.7 Å². The molecule has 0 radical (unpaired) electrons. The average Bonchev–Trinajstić information content (AvgIpc) is 3.80. The van der Waals surface area contributed by atoms with Gasteiger partial charge in [0.05, 0.1) is 27.8 Å². The Balaban J connectivity index is 1.22. The minimum absolute atomic E-state index is 0.579. The maximum absolute atomic E-state index is 5.18. The molecule has 0 fully saturated rings. The Morgan fingerprint density at radius 2 is 0.750 bits per heavy atom. The van der Waals surface area contributed by atoms with Crippen LogP contribution in [0.1, 0.15) is 0 Å². The second-order valence-electron chi connectivity index (χ2n) is 14.0. The molecule has 0 unspecified atom stereocenters. The van der Waals surface area contributed by atoms with E-state index in [-0.39, 0.29) is 0 Å². The van der Waals surface area contributed by atoms with Crippen molar-refractivity contribution >= 4 is 43.6 Å². The fourth-order valence-corrected chi connectivity index (χ4v) is 8.28. The number of aromatic nitrogens is 5. The van der Waals surface area contributed by atoms with E-state index in [0.29, 0.717) is 17.6 Å². The van der Waals surface area contributed by atoms with Crippen LogP contribution in [0.5, 0.6) is 0 Å². The van der Waals surface area contributed by atoms with Gasteiger partial charge in [0.15, 0.2) is 11.6 Å². The molecule has 0 amide bonds. The normalized spacial score (nSPS) is 11.6. The summed E-state index contributed by atoms with van der Waals surface area (Å²) in [5, 5.41) is 4.69. The van der Waals surface area contributed by atoms with Gasteiger partial charge in [-0.25, -0.2) is 4.98 Å². The van der Waals surface area contributed by atoms with Gasteiger partial charge < -0.3 is 4.57 Å². The lowest BCUT2D eigenvalue weighted by Gasteiger charge is -2.16. The van der Waals surface area contributed by atoms with Gasteiger partial charge in [-0.1, -0.05) is 164 Å². The molecule has 0 bridgehead atoms. The van der Waals surface area contributed by atoms with Crippen LogP contribution in [0.15, 0.2) is 200 Å². The lowest BCUT2D eigenvalue weighted by atomic mass is 9.97. The second kappa shape index (κ2) is 13.0. The summed E-state index contributed by atoms with van der Waals surface area (Å²) in [6.45, 7) is 0. The number of hydrogen-bond donors (Lipinski definition) is 0. The molecule has 0 spiro atoms. The number of para-hydroxylation sites is 2. The SMILES string of the molecule is c1ccc(-c2ccc(-n3c4ccccc4c4c5c6ccccc6n(-c6nc(-c7ccccc7)nc(-c7ccccc7)n6)c5ccc43)c(-c3ccccc3)c2)cc1. The van der Waals surface area contributed by atoms with Gasteiger partial charge in [-0.2, -0.15) is 9.97 Å². The lowest BCUT2D eigenvalue weighted by Crippen LogP contribution is -2.06. The highest BCUT2D eigenvalue weighted by molar-refractivity contribution is 6.29. The van der Waals surface area contributed by atoms with Crippen molar-refractivity contribution in [1.82, 2.24) is 24.1 Å². The fourth-order valence-electron chi connectivity index (χ4n) is 8.28. The van der Waals surface area contributed by atoms with Gasteiger partial charge in [0, 0.05) is 38.2 Å². The van der Waals surface area contributed by atoms with Crippen LogP contribution in [0.3, 0.4) is 0 Å². The van der Waals surface area contributed by atoms with Gasteiger partial charge in [-0.15, -0.1) is 0 Å². The van der Waals surface area contributed by atoms with E-state index in [1.165, 1.54) is 33.0 Å². The summed E-state index contributed by atoms with van der Waals surface area (Å²) in [6, 6.07) is 70.4. The van der Waals surface area contributed by atoms with E-state index >= 15 is 0 Å². The maximum atomic E-state index is 5.18. The average molecular weight is 716 g/mol. The molecule has 11 aromatic rings. The highest BCUT2D eigenvalue weighted by atomic mass is 15.2. The first-order valence-corrected chi connectivity index (χ1v) is 18.9. The van der Waals surface area contributed by atoms with Crippen LogP contribution < -0.4 is 0 Å². The Morgan fingerprint density at radius 3 is 1.30 bits per heavy atom. The zero-order valence-electron chi connectivity index (χ0n) is 30.3. The van der Waals surface area contributed by atoms with Crippen molar-refractivity contribution in [3.63, 3.8) is 0 Å². The van der Waals surface area contributed by atoms with Crippen molar-refractivity contribution in [2.45, 2.75) is 0 Å². The first-order chi connectivity index (χ1) is 27.8. The monoisotopic (exact) mass is 715 g/mol. The largest absolute Gasteiger partial charge is 0.309 e. The third kappa shape index (κ3) is 5.13. The second-order valence-corrected chi connectivity index (χ2v) is 14.0. The summed E-state index contributed by atoms with van der Waals surface area (Å²) in [6.07, 6.45) is 0. The zero-order valence-corrected chi connectivity index (χ0v) is 30.3. The van der Waals surface area contributed by atoms with Crippen molar-refractivity contribution < 1.29 is 0 Å². The molecule has 0 saturated carbocycles. The highest BCUT2D eigenvalue weighted by Crippen LogP contribution is 2.44. The van der Waals surface area contributed by atoms with Crippen molar-refractivity contribution in [1.29, 1.82) is 0 Å². The predicted molar refractivity (Wildman–Crippen MR) is 230 cm³/mol. The van der Waals surface area contributed by atoms with E-state index in [1.54, 1.807) is 0 Å². The summed E-state index contributed by atoms with van der Waals surface area (Å²) in [7, 11) is 0. The van der Waals surface area contributed by atoms with Crippen LogP contribution in [0.25, 0.3) is 100 Å². The Morgan fingerprint density at radius 1 is 0.304 bits per heavy atom. The Labute approximate surface area is 323 Å². The molecule has 262 valence electrons. The quantitative estimate of drug-likeness (QED) is 0.172. The molecular weight excluding hydrogens is 683 g/mol.